The van der Waals surface area contributed by atoms with Gasteiger partial charge in [0.2, 0.25) is 0 Å². The summed E-state index contributed by atoms with van der Waals surface area (Å²) >= 11 is 0. The Bertz CT molecular complexity index is 402. The SMILES string of the molecule is CCc1nc(NC)cc(N2CCC(C)C(OC)C2)n1. The van der Waals surface area contributed by atoms with Crippen LogP contribution in [0.3, 0.4) is 0 Å². The Balaban J connectivity index is 2.21. The van der Waals surface area contributed by atoms with E-state index in [0.717, 1.165) is 43.4 Å². The topological polar surface area (TPSA) is 50.3 Å². The summed E-state index contributed by atoms with van der Waals surface area (Å²) < 4.78 is 5.57. The normalized spacial score (nSPS) is 23.5. The molecule has 1 aromatic heterocycles. The van der Waals surface area contributed by atoms with E-state index >= 15 is 0 Å². The summed E-state index contributed by atoms with van der Waals surface area (Å²) in [4.78, 5) is 11.4. The highest BCUT2D eigenvalue weighted by molar-refractivity contribution is 5.49. The van der Waals surface area contributed by atoms with Crippen molar-refractivity contribution in [1.29, 1.82) is 0 Å². The van der Waals surface area contributed by atoms with Crippen molar-refractivity contribution in [3.63, 3.8) is 0 Å². The van der Waals surface area contributed by atoms with Gasteiger partial charge in [-0.2, -0.15) is 0 Å². The molecule has 19 heavy (non-hydrogen) atoms. The standard InChI is InChI=1S/C14H24N4O/c1-5-12-16-13(15-3)8-14(17-12)18-7-6-10(2)11(9-18)19-4/h8,10-11H,5-7,9H2,1-4H3,(H,15,16,17). The molecule has 2 rings (SSSR count). The molecular weight excluding hydrogens is 240 g/mol. The molecule has 0 spiro atoms. The first-order chi connectivity index (χ1) is 9.17. The highest BCUT2D eigenvalue weighted by Gasteiger charge is 2.27. The Labute approximate surface area is 115 Å². The molecule has 0 amide bonds. The van der Waals surface area contributed by atoms with Crippen molar-refractivity contribution in [2.45, 2.75) is 32.8 Å². The van der Waals surface area contributed by atoms with E-state index in [1.54, 1.807) is 7.11 Å². The number of hydrogen-bond acceptors (Lipinski definition) is 5. The van der Waals surface area contributed by atoms with Gasteiger partial charge < -0.3 is 15.0 Å². The van der Waals surface area contributed by atoms with Gasteiger partial charge in [0, 0.05) is 39.7 Å². The third kappa shape index (κ3) is 3.15. The molecule has 2 atom stereocenters. The molecule has 0 aliphatic carbocycles. The van der Waals surface area contributed by atoms with Crippen LogP contribution in [-0.4, -0.2) is 43.3 Å². The summed E-state index contributed by atoms with van der Waals surface area (Å²) in [5.41, 5.74) is 0. The molecule has 2 unspecified atom stereocenters. The maximum atomic E-state index is 5.57. The predicted molar refractivity (Wildman–Crippen MR) is 77.7 cm³/mol. The third-order valence-corrected chi connectivity index (χ3v) is 3.85. The van der Waals surface area contributed by atoms with Crippen LogP contribution in [0.25, 0.3) is 0 Å². The molecule has 1 aromatic rings. The predicted octanol–water partition coefficient (Wildman–Crippen LogP) is 1.94. The molecule has 0 bridgehead atoms. The molecule has 0 radical (unpaired) electrons. The largest absolute Gasteiger partial charge is 0.379 e. The Morgan fingerprint density at radius 3 is 2.89 bits per heavy atom. The molecular formula is C14H24N4O. The van der Waals surface area contributed by atoms with Crippen molar-refractivity contribution >= 4 is 11.6 Å². The van der Waals surface area contributed by atoms with Crippen LogP contribution >= 0.6 is 0 Å². The first-order valence-corrected chi connectivity index (χ1v) is 7.01. The number of aryl methyl sites for hydroxylation is 1. The van der Waals surface area contributed by atoms with E-state index in [1.165, 1.54) is 0 Å². The van der Waals surface area contributed by atoms with Crippen LogP contribution in [-0.2, 0) is 11.2 Å². The number of nitrogens with zero attached hydrogens (tertiary/aromatic N) is 3. The van der Waals surface area contributed by atoms with E-state index in [1.807, 2.05) is 13.1 Å². The molecule has 1 fully saturated rings. The average molecular weight is 264 g/mol. The van der Waals surface area contributed by atoms with Crippen LogP contribution in [0.1, 0.15) is 26.1 Å². The van der Waals surface area contributed by atoms with Gasteiger partial charge >= 0.3 is 0 Å². The molecule has 1 aliphatic heterocycles. The van der Waals surface area contributed by atoms with E-state index in [4.69, 9.17) is 4.74 Å². The van der Waals surface area contributed by atoms with Crippen LogP contribution in [0.15, 0.2) is 6.07 Å². The van der Waals surface area contributed by atoms with Crippen LogP contribution in [0.4, 0.5) is 11.6 Å². The summed E-state index contributed by atoms with van der Waals surface area (Å²) in [5.74, 6) is 3.38. The number of piperidine rings is 1. The lowest BCUT2D eigenvalue weighted by Crippen LogP contribution is -2.44. The molecule has 0 aromatic carbocycles. The first-order valence-electron chi connectivity index (χ1n) is 7.01. The number of anilines is 2. The van der Waals surface area contributed by atoms with E-state index in [-0.39, 0.29) is 6.10 Å². The first kappa shape index (κ1) is 14.1. The number of nitrogens with one attached hydrogen (secondary N) is 1. The number of hydrogen-bond donors (Lipinski definition) is 1. The minimum Gasteiger partial charge on any atom is -0.379 e. The molecule has 5 heteroatoms. The van der Waals surface area contributed by atoms with Crippen LogP contribution in [0, 0.1) is 5.92 Å². The van der Waals surface area contributed by atoms with Gasteiger partial charge in [0.15, 0.2) is 0 Å². The molecule has 1 saturated heterocycles. The second-order valence-electron chi connectivity index (χ2n) is 5.12. The van der Waals surface area contributed by atoms with Crippen LogP contribution in [0.2, 0.25) is 0 Å². The molecule has 1 aliphatic rings. The molecule has 106 valence electrons. The van der Waals surface area contributed by atoms with E-state index < -0.39 is 0 Å². The Morgan fingerprint density at radius 1 is 1.47 bits per heavy atom. The van der Waals surface area contributed by atoms with Crippen LogP contribution < -0.4 is 10.2 Å². The fourth-order valence-electron chi connectivity index (χ4n) is 2.48. The molecule has 5 nitrogen and oxygen atoms in total. The van der Waals surface area contributed by atoms with Crippen molar-refractivity contribution in [2.75, 3.05) is 37.5 Å². The third-order valence-electron chi connectivity index (χ3n) is 3.85. The highest BCUT2D eigenvalue weighted by Crippen LogP contribution is 2.25. The quantitative estimate of drug-likeness (QED) is 0.900. The van der Waals surface area contributed by atoms with Gasteiger partial charge in [0.25, 0.3) is 0 Å². The molecule has 2 heterocycles. The lowest BCUT2D eigenvalue weighted by atomic mass is 9.96. The minimum atomic E-state index is 0.284. The smallest absolute Gasteiger partial charge is 0.134 e. The van der Waals surface area contributed by atoms with Crippen molar-refractivity contribution < 1.29 is 4.74 Å². The van der Waals surface area contributed by atoms with Gasteiger partial charge in [-0.15, -0.1) is 0 Å². The van der Waals surface area contributed by atoms with Gasteiger partial charge in [-0.25, -0.2) is 9.97 Å². The minimum absolute atomic E-state index is 0.284. The van der Waals surface area contributed by atoms with Gasteiger partial charge in [-0.05, 0) is 12.3 Å². The lowest BCUT2D eigenvalue weighted by Gasteiger charge is -2.37. The zero-order valence-electron chi connectivity index (χ0n) is 12.3. The number of rotatable bonds is 4. The maximum absolute atomic E-state index is 5.57. The Morgan fingerprint density at radius 2 is 2.26 bits per heavy atom. The van der Waals surface area contributed by atoms with Crippen LogP contribution in [0.5, 0.6) is 0 Å². The van der Waals surface area contributed by atoms with Crippen molar-refractivity contribution in [1.82, 2.24) is 9.97 Å². The lowest BCUT2D eigenvalue weighted by molar-refractivity contribution is 0.0496. The average Bonchev–Trinajstić information content (AvgIpc) is 2.47. The van der Waals surface area contributed by atoms with Gasteiger partial charge in [-0.3, -0.25) is 0 Å². The Hall–Kier alpha value is -1.36. The summed E-state index contributed by atoms with van der Waals surface area (Å²) in [6.45, 7) is 6.27. The zero-order chi connectivity index (χ0) is 13.8. The van der Waals surface area contributed by atoms with E-state index in [0.29, 0.717) is 5.92 Å². The monoisotopic (exact) mass is 264 g/mol. The summed E-state index contributed by atoms with van der Waals surface area (Å²) in [6, 6.07) is 2.02. The fourth-order valence-corrected chi connectivity index (χ4v) is 2.48. The summed E-state index contributed by atoms with van der Waals surface area (Å²) in [7, 11) is 3.68. The van der Waals surface area contributed by atoms with Crippen molar-refractivity contribution in [3.8, 4) is 0 Å². The van der Waals surface area contributed by atoms with Crippen molar-refractivity contribution in [2.24, 2.45) is 5.92 Å². The fraction of sp³-hybridized carbons (Fsp3) is 0.714. The summed E-state index contributed by atoms with van der Waals surface area (Å²) in [6.07, 6.45) is 2.27. The number of methoxy groups -OCH3 is 1. The van der Waals surface area contributed by atoms with E-state index in [9.17, 15) is 0 Å². The van der Waals surface area contributed by atoms with Gasteiger partial charge in [0.1, 0.15) is 17.5 Å². The second-order valence-corrected chi connectivity index (χ2v) is 5.12. The molecule has 0 saturated carbocycles. The zero-order valence-corrected chi connectivity index (χ0v) is 12.3. The molecule has 1 N–H and O–H groups in total. The number of aromatic nitrogens is 2. The summed E-state index contributed by atoms with van der Waals surface area (Å²) in [5, 5.41) is 3.11. The highest BCUT2D eigenvalue weighted by atomic mass is 16.5. The van der Waals surface area contributed by atoms with E-state index in [2.05, 4.69) is 34.0 Å². The van der Waals surface area contributed by atoms with Gasteiger partial charge in [0.05, 0.1) is 6.10 Å². The second kappa shape index (κ2) is 6.19. The van der Waals surface area contributed by atoms with Gasteiger partial charge in [-0.1, -0.05) is 13.8 Å². The maximum Gasteiger partial charge on any atom is 0.134 e. The van der Waals surface area contributed by atoms with Crippen molar-refractivity contribution in [3.05, 3.63) is 11.9 Å². The number of ether oxygens (including phenoxy) is 1. The Kier molecular flexibility index (Phi) is 4.58.